The van der Waals surface area contributed by atoms with Crippen molar-refractivity contribution in [2.24, 2.45) is 0 Å². The molecule has 2 rings (SSSR count). The van der Waals surface area contributed by atoms with Crippen LogP contribution in [-0.2, 0) is 4.74 Å². The Morgan fingerprint density at radius 1 is 0.947 bits per heavy atom. The summed E-state index contributed by atoms with van der Waals surface area (Å²) >= 11 is 0. The van der Waals surface area contributed by atoms with Crippen molar-refractivity contribution >= 4 is 0 Å². The molecule has 2 aliphatic rings. The summed E-state index contributed by atoms with van der Waals surface area (Å²) in [7, 11) is 0. The van der Waals surface area contributed by atoms with Crippen molar-refractivity contribution < 1.29 is 9.84 Å². The van der Waals surface area contributed by atoms with Gasteiger partial charge in [0.2, 0.25) is 0 Å². The van der Waals surface area contributed by atoms with Crippen LogP contribution in [0.5, 0.6) is 0 Å². The van der Waals surface area contributed by atoms with Gasteiger partial charge in [-0.1, -0.05) is 44.9 Å². The predicted octanol–water partition coefficient (Wildman–Crippen LogP) is 3.01. The Bertz CT molecular complexity index is 231. The highest BCUT2D eigenvalue weighted by molar-refractivity contribution is 4.83. The van der Waals surface area contributed by atoms with Gasteiger partial charge in [0.15, 0.2) is 0 Å². The van der Waals surface area contributed by atoms with Crippen molar-refractivity contribution in [2.45, 2.75) is 82.3 Å². The molecular formula is C16H31NO2. The highest BCUT2D eigenvalue weighted by atomic mass is 16.5. The van der Waals surface area contributed by atoms with Gasteiger partial charge < -0.3 is 15.2 Å². The molecule has 3 nitrogen and oxygen atoms in total. The maximum atomic E-state index is 10.5. The lowest BCUT2D eigenvalue weighted by Crippen LogP contribution is -2.41. The molecule has 0 radical (unpaired) electrons. The number of ether oxygens (including phenoxy) is 1. The van der Waals surface area contributed by atoms with Gasteiger partial charge in [0, 0.05) is 13.1 Å². The summed E-state index contributed by atoms with van der Waals surface area (Å²) in [6, 6.07) is 0. The quantitative estimate of drug-likeness (QED) is 0.575. The van der Waals surface area contributed by atoms with Gasteiger partial charge in [0.1, 0.15) is 0 Å². The van der Waals surface area contributed by atoms with Gasteiger partial charge in [0.05, 0.1) is 18.3 Å². The van der Waals surface area contributed by atoms with Crippen LogP contribution in [0.1, 0.15) is 70.6 Å². The number of aliphatic hydroxyl groups is 1. The number of hydrogen-bond donors (Lipinski definition) is 2. The Morgan fingerprint density at radius 2 is 1.58 bits per heavy atom. The van der Waals surface area contributed by atoms with Crippen LogP contribution in [-0.4, -0.2) is 36.5 Å². The van der Waals surface area contributed by atoms with Crippen LogP contribution in [0.25, 0.3) is 0 Å². The molecule has 19 heavy (non-hydrogen) atoms. The summed E-state index contributed by atoms with van der Waals surface area (Å²) in [5.74, 6) is 0. The zero-order chi connectivity index (χ0) is 13.4. The van der Waals surface area contributed by atoms with Crippen molar-refractivity contribution in [1.82, 2.24) is 5.32 Å². The minimum absolute atomic E-state index is 0.457. The molecule has 0 aliphatic heterocycles. The second-order valence-corrected chi connectivity index (χ2v) is 6.45. The molecule has 2 saturated carbocycles. The SMILES string of the molecule is OC1(CNCCOC2CCCCC2)CCCCCC1. The van der Waals surface area contributed by atoms with Crippen LogP contribution in [0.15, 0.2) is 0 Å². The van der Waals surface area contributed by atoms with E-state index in [0.29, 0.717) is 6.10 Å². The average molecular weight is 269 g/mol. The molecular weight excluding hydrogens is 238 g/mol. The second kappa shape index (κ2) is 8.23. The zero-order valence-corrected chi connectivity index (χ0v) is 12.3. The molecule has 112 valence electrons. The zero-order valence-electron chi connectivity index (χ0n) is 12.3. The van der Waals surface area contributed by atoms with Crippen LogP contribution in [0.3, 0.4) is 0 Å². The lowest BCUT2D eigenvalue weighted by molar-refractivity contribution is 0.0127. The van der Waals surface area contributed by atoms with Crippen LogP contribution in [0.2, 0.25) is 0 Å². The molecule has 3 heteroatoms. The van der Waals surface area contributed by atoms with E-state index < -0.39 is 5.60 Å². The average Bonchev–Trinajstić information content (AvgIpc) is 2.65. The molecule has 0 unspecified atom stereocenters. The molecule has 2 N–H and O–H groups in total. The molecule has 0 bridgehead atoms. The molecule has 0 spiro atoms. The normalized spacial score (nSPS) is 25.1. The van der Waals surface area contributed by atoms with Crippen molar-refractivity contribution in [3.8, 4) is 0 Å². The number of nitrogens with one attached hydrogen (secondary N) is 1. The maximum Gasteiger partial charge on any atom is 0.0771 e. The van der Waals surface area contributed by atoms with Crippen LogP contribution in [0, 0.1) is 0 Å². The van der Waals surface area contributed by atoms with E-state index >= 15 is 0 Å². The number of hydrogen-bond acceptors (Lipinski definition) is 3. The van der Waals surface area contributed by atoms with Gasteiger partial charge in [-0.15, -0.1) is 0 Å². The number of rotatable bonds is 6. The topological polar surface area (TPSA) is 41.5 Å². The van der Waals surface area contributed by atoms with Crippen LogP contribution >= 0.6 is 0 Å². The smallest absolute Gasteiger partial charge is 0.0771 e. The highest BCUT2D eigenvalue weighted by Gasteiger charge is 2.27. The Labute approximate surface area is 118 Å². The lowest BCUT2D eigenvalue weighted by Gasteiger charge is -2.27. The van der Waals surface area contributed by atoms with E-state index in [0.717, 1.165) is 32.5 Å². The molecule has 0 aromatic heterocycles. The Morgan fingerprint density at radius 3 is 2.26 bits per heavy atom. The van der Waals surface area contributed by atoms with Gasteiger partial charge in [-0.05, 0) is 25.7 Å². The Hall–Kier alpha value is -0.120. The van der Waals surface area contributed by atoms with Crippen molar-refractivity contribution in [1.29, 1.82) is 0 Å². The summed E-state index contributed by atoms with van der Waals surface area (Å²) in [6.45, 7) is 2.40. The van der Waals surface area contributed by atoms with Crippen molar-refractivity contribution in [3.63, 3.8) is 0 Å². The summed E-state index contributed by atoms with van der Waals surface area (Å²) < 4.78 is 5.89. The van der Waals surface area contributed by atoms with E-state index in [9.17, 15) is 5.11 Å². The van der Waals surface area contributed by atoms with E-state index in [-0.39, 0.29) is 0 Å². The Kier molecular flexibility index (Phi) is 6.62. The van der Waals surface area contributed by atoms with E-state index in [1.165, 1.54) is 57.8 Å². The minimum Gasteiger partial charge on any atom is -0.389 e. The third-order valence-corrected chi connectivity index (χ3v) is 4.67. The third kappa shape index (κ3) is 5.80. The van der Waals surface area contributed by atoms with Crippen molar-refractivity contribution in [2.75, 3.05) is 19.7 Å². The standard InChI is InChI=1S/C16H31NO2/c18-16(10-6-1-2-7-11-16)14-17-12-13-19-15-8-4-3-5-9-15/h15,17-18H,1-14H2. The van der Waals surface area contributed by atoms with Gasteiger partial charge in [0.25, 0.3) is 0 Å². The molecule has 0 saturated heterocycles. The van der Waals surface area contributed by atoms with E-state index in [2.05, 4.69) is 5.32 Å². The van der Waals surface area contributed by atoms with Gasteiger partial charge in [-0.2, -0.15) is 0 Å². The molecule has 0 heterocycles. The molecule has 0 atom stereocenters. The summed E-state index contributed by atoms with van der Waals surface area (Å²) in [5.41, 5.74) is -0.457. The maximum absolute atomic E-state index is 10.5. The first-order valence-corrected chi connectivity index (χ1v) is 8.33. The van der Waals surface area contributed by atoms with Gasteiger partial charge in [-0.3, -0.25) is 0 Å². The minimum atomic E-state index is -0.457. The monoisotopic (exact) mass is 269 g/mol. The fourth-order valence-electron chi connectivity index (χ4n) is 3.41. The molecule has 2 aliphatic carbocycles. The van der Waals surface area contributed by atoms with Crippen molar-refractivity contribution in [3.05, 3.63) is 0 Å². The molecule has 0 aromatic carbocycles. The molecule has 0 aromatic rings. The summed E-state index contributed by atoms with van der Waals surface area (Å²) in [5, 5.41) is 13.9. The lowest BCUT2D eigenvalue weighted by atomic mass is 9.94. The first-order valence-electron chi connectivity index (χ1n) is 8.33. The van der Waals surface area contributed by atoms with E-state index in [1.807, 2.05) is 0 Å². The summed E-state index contributed by atoms with van der Waals surface area (Å²) in [4.78, 5) is 0. The fraction of sp³-hybridized carbons (Fsp3) is 1.00. The predicted molar refractivity (Wildman–Crippen MR) is 78.3 cm³/mol. The molecule has 0 amide bonds. The molecule has 2 fully saturated rings. The fourth-order valence-corrected chi connectivity index (χ4v) is 3.41. The summed E-state index contributed by atoms with van der Waals surface area (Å²) in [6.07, 6.45) is 13.9. The first-order chi connectivity index (χ1) is 9.29. The second-order valence-electron chi connectivity index (χ2n) is 6.45. The van der Waals surface area contributed by atoms with Crippen LogP contribution in [0.4, 0.5) is 0 Å². The van der Waals surface area contributed by atoms with E-state index in [1.54, 1.807) is 0 Å². The van der Waals surface area contributed by atoms with E-state index in [4.69, 9.17) is 4.74 Å². The van der Waals surface area contributed by atoms with Gasteiger partial charge >= 0.3 is 0 Å². The van der Waals surface area contributed by atoms with Gasteiger partial charge in [-0.25, -0.2) is 0 Å². The highest BCUT2D eigenvalue weighted by Crippen LogP contribution is 2.26. The third-order valence-electron chi connectivity index (χ3n) is 4.67. The van der Waals surface area contributed by atoms with Crippen LogP contribution < -0.4 is 5.32 Å². The Balaban J connectivity index is 1.53. The first kappa shape index (κ1) is 15.3. The largest absolute Gasteiger partial charge is 0.389 e.